The van der Waals surface area contributed by atoms with E-state index < -0.39 is 34.7 Å². The molecule has 0 aliphatic rings. The molecule has 0 saturated heterocycles. The Kier molecular flexibility index (Phi) is 6.69. The van der Waals surface area contributed by atoms with Crippen molar-refractivity contribution in [3.8, 4) is 11.8 Å². The van der Waals surface area contributed by atoms with Crippen LogP contribution in [0.5, 0.6) is 5.75 Å². The van der Waals surface area contributed by atoms with Gasteiger partial charge in [0, 0.05) is 31.1 Å². The summed E-state index contributed by atoms with van der Waals surface area (Å²) in [6.45, 7) is 5.86. The molecule has 1 aromatic carbocycles. The lowest BCUT2D eigenvalue weighted by Gasteiger charge is -2.26. The largest absolute Gasteiger partial charge is 0.501 e. The normalized spacial score (nSPS) is 12.8. The first kappa shape index (κ1) is 24.4. The maximum Gasteiger partial charge on any atom is 0.296 e. The standard InChI is InChI=1S/C25H25N7O4/c1-14(2)32-12-17(10-27-32)20(19-8-6-5-7-16(19)9-26)15(3)23-30-21(22(33)25(35)31(23)4)24(34)29-18-11-28-36-13-18/h5-8,10-15,20,33H,1-4H3,(H,29,34)/t15-,20-/m0/s1. The molecule has 36 heavy (non-hydrogen) atoms. The number of hydrogen-bond acceptors (Lipinski definition) is 8. The van der Waals surface area contributed by atoms with E-state index in [1.807, 2.05) is 43.8 Å². The minimum atomic E-state index is -0.788. The summed E-state index contributed by atoms with van der Waals surface area (Å²) in [5, 5.41) is 30.7. The molecule has 4 rings (SSSR count). The van der Waals surface area contributed by atoms with Gasteiger partial charge in [-0.2, -0.15) is 10.4 Å². The highest BCUT2D eigenvalue weighted by atomic mass is 16.5. The van der Waals surface area contributed by atoms with E-state index in [2.05, 4.69) is 26.6 Å². The molecule has 2 atom stereocenters. The molecule has 3 heterocycles. The van der Waals surface area contributed by atoms with Crippen molar-refractivity contribution in [2.24, 2.45) is 7.05 Å². The molecule has 1 amide bonds. The molecule has 11 heteroatoms. The fourth-order valence-corrected chi connectivity index (χ4v) is 4.18. The van der Waals surface area contributed by atoms with Crippen LogP contribution in [-0.4, -0.2) is 35.5 Å². The van der Waals surface area contributed by atoms with Crippen LogP contribution in [0.25, 0.3) is 0 Å². The van der Waals surface area contributed by atoms with Gasteiger partial charge in [-0.1, -0.05) is 30.3 Å². The first-order chi connectivity index (χ1) is 17.2. The number of carbonyl (C=O) groups excluding carboxylic acids is 1. The zero-order chi connectivity index (χ0) is 26.0. The van der Waals surface area contributed by atoms with Gasteiger partial charge in [-0.3, -0.25) is 18.8 Å². The number of nitrogens with zero attached hydrogens (tertiary/aromatic N) is 6. The molecule has 0 saturated carbocycles. The topological polar surface area (TPSA) is 152 Å². The van der Waals surface area contributed by atoms with E-state index in [1.54, 1.807) is 18.3 Å². The maximum atomic E-state index is 12.9. The van der Waals surface area contributed by atoms with Crippen LogP contribution in [0.4, 0.5) is 5.69 Å². The van der Waals surface area contributed by atoms with E-state index in [4.69, 9.17) is 4.52 Å². The molecular formula is C25H25N7O4. The first-order valence-corrected chi connectivity index (χ1v) is 11.3. The smallest absolute Gasteiger partial charge is 0.296 e. The van der Waals surface area contributed by atoms with Crippen molar-refractivity contribution in [2.75, 3.05) is 5.32 Å². The van der Waals surface area contributed by atoms with Crippen LogP contribution in [0, 0.1) is 11.3 Å². The Labute approximate surface area is 206 Å². The second-order valence-corrected chi connectivity index (χ2v) is 8.71. The number of hydrogen-bond donors (Lipinski definition) is 2. The Morgan fingerprint density at radius 1 is 1.22 bits per heavy atom. The lowest BCUT2D eigenvalue weighted by Crippen LogP contribution is -2.29. The molecule has 11 nitrogen and oxygen atoms in total. The number of nitrogens with one attached hydrogen (secondary N) is 1. The zero-order valence-corrected chi connectivity index (χ0v) is 20.2. The van der Waals surface area contributed by atoms with E-state index in [9.17, 15) is 20.0 Å². The monoisotopic (exact) mass is 487 g/mol. The van der Waals surface area contributed by atoms with Crippen molar-refractivity contribution < 1.29 is 14.4 Å². The van der Waals surface area contributed by atoms with Crippen LogP contribution in [-0.2, 0) is 7.05 Å². The summed E-state index contributed by atoms with van der Waals surface area (Å²) in [7, 11) is 1.48. The second-order valence-electron chi connectivity index (χ2n) is 8.71. The van der Waals surface area contributed by atoms with Gasteiger partial charge in [-0.05, 0) is 31.0 Å². The third-order valence-electron chi connectivity index (χ3n) is 6.04. The van der Waals surface area contributed by atoms with E-state index in [0.717, 1.165) is 11.1 Å². The first-order valence-electron chi connectivity index (χ1n) is 11.3. The average molecular weight is 488 g/mol. The highest BCUT2D eigenvalue weighted by molar-refractivity contribution is 6.04. The second kappa shape index (κ2) is 9.87. The van der Waals surface area contributed by atoms with Gasteiger partial charge in [0.05, 0.1) is 24.0 Å². The Morgan fingerprint density at radius 2 is 1.97 bits per heavy atom. The maximum absolute atomic E-state index is 12.9. The summed E-state index contributed by atoms with van der Waals surface area (Å²) in [5.41, 5.74) is 1.07. The molecule has 0 unspecified atom stereocenters. The lowest BCUT2D eigenvalue weighted by molar-refractivity contribution is 0.101. The van der Waals surface area contributed by atoms with Gasteiger partial charge in [0.25, 0.3) is 11.5 Å². The average Bonchev–Trinajstić information content (AvgIpc) is 3.56. The van der Waals surface area contributed by atoms with E-state index in [1.165, 1.54) is 24.1 Å². The van der Waals surface area contributed by atoms with Crippen LogP contribution in [0.2, 0.25) is 0 Å². The predicted molar refractivity (Wildman–Crippen MR) is 130 cm³/mol. The summed E-state index contributed by atoms with van der Waals surface area (Å²) in [4.78, 5) is 30.2. The third kappa shape index (κ3) is 4.48. The Balaban J connectivity index is 1.86. The van der Waals surface area contributed by atoms with Crippen LogP contribution >= 0.6 is 0 Å². The van der Waals surface area contributed by atoms with Crippen molar-refractivity contribution in [3.63, 3.8) is 0 Å². The van der Waals surface area contributed by atoms with Gasteiger partial charge in [-0.25, -0.2) is 4.98 Å². The van der Waals surface area contributed by atoms with Crippen molar-refractivity contribution in [3.05, 3.63) is 87.7 Å². The van der Waals surface area contributed by atoms with Crippen molar-refractivity contribution >= 4 is 11.6 Å². The van der Waals surface area contributed by atoms with Gasteiger partial charge in [0.15, 0.2) is 5.69 Å². The molecule has 184 valence electrons. The number of anilines is 1. The molecule has 0 aliphatic carbocycles. The SMILES string of the molecule is CC(C)n1cc([C@@H](c2ccccc2C#N)[C@H](C)c2nc(C(=O)Nc3cnoc3)c(O)c(=O)n2C)cn1. The Morgan fingerprint density at radius 3 is 2.61 bits per heavy atom. The summed E-state index contributed by atoms with van der Waals surface area (Å²) in [6.07, 6.45) is 6.12. The van der Waals surface area contributed by atoms with Crippen LogP contribution in [0.3, 0.4) is 0 Å². The van der Waals surface area contributed by atoms with Gasteiger partial charge >= 0.3 is 0 Å². The minimum Gasteiger partial charge on any atom is -0.501 e. The zero-order valence-electron chi connectivity index (χ0n) is 20.2. The van der Waals surface area contributed by atoms with Gasteiger partial charge in [0.2, 0.25) is 5.75 Å². The highest BCUT2D eigenvalue weighted by Crippen LogP contribution is 2.39. The van der Waals surface area contributed by atoms with Crippen molar-refractivity contribution in [1.29, 1.82) is 5.26 Å². The molecule has 0 aliphatic heterocycles. The number of nitriles is 1. The van der Waals surface area contributed by atoms with Crippen LogP contribution in [0.1, 0.15) is 71.7 Å². The van der Waals surface area contributed by atoms with Crippen molar-refractivity contribution in [1.82, 2.24) is 24.5 Å². The number of aromatic nitrogens is 5. The van der Waals surface area contributed by atoms with Gasteiger partial charge in [0.1, 0.15) is 17.8 Å². The van der Waals surface area contributed by atoms with E-state index >= 15 is 0 Å². The summed E-state index contributed by atoms with van der Waals surface area (Å²) in [6, 6.07) is 9.55. The number of carbonyl (C=O) groups is 1. The highest BCUT2D eigenvalue weighted by Gasteiger charge is 2.31. The molecule has 0 radical (unpaired) electrons. The van der Waals surface area contributed by atoms with E-state index in [0.29, 0.717) is 5.56 Å². The predicted octanol–water partition coefficient (Wildman–Crippen LogP) is 3.31. The van der Waals surface area contributed by atoms with Gasteiger partial charge < -0.3 is 14.9 Å². The fraction of sp³-hybridized carbons (Fsp3) is 0.280. The Bertz CT molecular complexity index is 1500. The summed E-state index contributed by atoms with van der Waals surface area (Å²) >= 11 is 0. The molecule has 3 aromatic heterocycles. The molecular weight excluding hydrogens is 462 g/mol. The van der Waals surface area contributed by atoms with Crippen LogP contribution in [0.15, 0.2) is 58.4 Å². The van der Waals surface area contributed by atoms with E-state index in [-0.39, 0.29) is 17.6 Å². The molecule has 0 fully saturated rings. The third-order valence-corrected chi connectivity index (χ3v) is 6.04. The molecule has 4 aromatic rings. The number of benzene rings is 1. The van der Waals surface area contributed by atoms with Crippen LogP contribution < -0.4 is 10.9 Å². The van der Waals surface area contributed by atoms with Gasteiger partial charge in [-0.15, -0.1) is 0 Å². The molecule has 2 N–H and O–H groups in total. The summed E-state index contributed by atoms with van der Waals surface area (Å²) < 4.78 is 7.73. The van der Waals surface area contributed by atoms with Crippen molar-refractivity contribution in [2.45, 2.75) is 38.6 Å². The number of aromatic hydroxyl groups is 1. The quantitative estimate of drug-likeness (QED) is 0.403. The minimum absolute atomic E-state index is 0.116. The summed E-state index contributed by atoms with van der Waals surface area (Å²) in [5.74, 6) is -2.23. The fourth-order valence-electron chi connectivity index (χ4n) is 4.18. The lowest BCUT2D eigenvalue weighted by atomic mass is 9.80. The number of rotatable bonds is 7. The molecule has 0 spiro atoms. The Hall–Kier alpha value is -4.72. The molecule has 0 bridgehead atoms. The number of amides is 1.